The van der Waals surface area contributed by atoms with E-state index in [0.717, 1.165) is 38.9 Å². The average molecular weight is 804 g/mol. The van der Waals surface area contributed by atoms with Crippen LogP contribution in [0, 0.1) is 0 Å². The van der Waals surface area contributed by atoms with Gasteiger partial charge in [0.1, 0.15) is 0 Å². The molecule has 0 saturated heterocycles. The van der Waals surface area contributed by atoms with Crippen LogP contribution >= 0.6 is 0 Å². The predicted molar refractivity (Wildman–Crippen MR) is 259 cm³/mol. The van der Waals surface area contributed by atoms with E-state index in [1.54, 1.807) is 0 Å². The summed E-state index contributed by atoms with van der Waals surface area (Å²) in [5, 5.41) is 0. The van der Waals surface area contributed by atoms with Gasteiger partial charge in [0.05, 0.1) is 5.41 Å². The number of fused-ring (bicyclic) bond motifs is 1. The molecule has 0 fully saturated rings. The lowest BCUT2D eigenvalue weighted by atomic mass is 9.71. The van der Waals surface area contributed by atoms with Crippen molar-refractivity contribution < 1.29 is 0 Å². The Labute approximate surface area is 368 Å². The molecule has 63 heavy (non-hydrogen) atoms. The van der Waals surface area contributed by atoms with Crippen LogP contribution in [0.4, 0.5) is 0 Å². The van der Waals surface area contributed by atoms with Crippen molar-refractivity contribution >= 4 is 5.57 Å². The maximum atomic E-state index is 5.01. The van der Waals surface area contributed by atoms with E-state index in [0.29, 0.717) is 17.5 Å². The number of hydrogen-bond acceptors (Lipinski definition) is 3. The van der Waals surface area contributed by atoms with E-state index >= 15 is 0 Å². The van der Waals surface area contributed by atoms with Gasteiger partial charge in [-0.2, -0.15) is 0 Å². The second-order valence-corrected chi connectivity index (χ2v) is 16.0. The topological polar surface area (TPSA) is 38.7 Å². The van der Waals surface area contributed by atoms with Crippen molar-refractivity contribution in [2.45, 2.75) is 5.41 Å². The molecule has 1 aliphatic carbocycles. The Hall–Kier alpha value is -8.27. The van der Waals surface area contributed by atoms with Gasteiger partial charge >= 0.3 is 0 Å². The highest BCUT2D eigenvalue weighted by Crippen LogP contribution is 2.52. The van der Waals surface area contributed by atoms with Crippen molar-refractivity contribution in [3.8, 4) is 67.5 Å². The SMILES string of the molecule is C1=C(c2cccc(-c3cccc(-c4cccc(-c5nc(-c6ccccc6)nc(-c6ccccc6)n5)c4)c3)c2)c2cc(-c3ccccc3)ccc2C1(c1ccccc1)c1ccccc1. The Morgan fingerprint density at radius 1 is 0.254 bits per heavy atom. The van der Waals surface area contributed by atoms with Crippen molar-refractivity contribution in [1.29, 1.82) is 0 Å². The van der Waals surface area contributed by atoms with E-state index in [4.69, 9.17) is 15.0 Å². The molecule has 0 N–H and O–H groups in total. The zero-order valence-corrected chi connectivity index (χ0v) is 34.5. The van der Waals surface area contributed by atoms with E-state index < -0.39 is 5.41 Å². The quantitative estimate of drug-likeness (QED) is 0.146. The van der Waals surface area contributed by atoms with Crippen molar-refractivity contribution in [3.05, 3.63) is 277 Å². The molecule has 0 unspecified atom stereocenters. The first kappa shape index (κ1) is 37.7. The first-order chi connectivity index (χ1) is 31.2. The summed E-state index contributed by atoms with van der Waals surface area (Å²) in [7, 11) is 0. The lowest BCUT2D eigenvalue weighted by molar-refractivity contribution is 0.794. The van der Waals surface area contributed by atoms with Gasteiger partial charge in [-0.15, -0.1) is 0 Å². The number of benzene rings is 9. The third-order valence-corrected chi connectivity index (χ3v) is 12.2. The summed E-state index contributed by atoms with van der Waals surface area (Å²) >= 11 is 0. The van der Waals surface area contributed by atoms with Crippen LogP contribution in [-0.2, 0) is 5.41 Å². The number of aromatic nitrogens is 3. The van der Waals surface area contributed by atoms with Crippen molar-refractivity contribution in [2.24, 2.45) is 0 Å². The fourth-order valence-corrected chi connectivity index (χ4v) is 9.10. The second-order valence-electron chi connectivity index (χ2n) is 16.0. The van der Waals surface area contributed by atoms with Crippen LogP contribution in [-0.4, -0.2) is 15.0 Å². The highest BCUT2D eigenvalue weighted by atomic mass is 15.0. The molecule has 1 aromatic heterocycles. The molecule has 11 rings (SSSR count). The Balaban J connectivity index is 1.000. The summed E-state index contributed by atoms with van der Waals surface area (Å²) in [5.41, 5.74) is 16.7. The number of nitrogens with zero attached hydrogens (tertiary/aromatic N) is 3. The molecule has 0 atom stereocenters. The molecule has 9 aromatic carbocycles. The largest absolute Gasteiger partial charge is 0.208 e. The third-order valence-electron chi connectivity index (χ3n) is 12.2. The van der Waals surface area contributed by atoms with Gasteiger partial charge in [0, 0.05) is 16.7 Å². The highest BCUT2D eigenvalue weighted by molar-refractivity contribution is 5.93. The molecule has 0 amide bonds. The van der Waals surface area contributed by atoms with Crippen LogP contribution in [0.15, 0.2) is 249 Å². The molecule has 3 heteroatoms. The normalized spacial score (nSPS) is 12.7. The smallest absolute Gasteiger partial charge is 0.164 e. The highest BCUT2D eigenvalue weighted by Gasteiger charge is 2.41. The molecule has 0 spiro atoms. The monoisotopic (exact) mass is 803 g/mol. The number of allylic oxidation sites excluding steroid dienone is 1. The molecule has 1 aliphatic rings. The fourth-order valence-electron chi connectivity index (χ4n) is 9.10. The van der Waals surface area contributed by atoms with Gasteiger partial charge in [0.2, 0.25) is 0 Å². The summed E-state index contributed by atoms with van der Waals surface area (Å²) in [4.78, 5) is 14.9. The zero-order valence-electron chi connectivity index (χ0n) is 34.5. The molecule has 0 bridgehead atoms. The van der Waals surface area contributed by atoms with Gasteiger partial charge in [0.25, 0.3) is 0 Å². The summed E-state index contributed by atoms with van der Waals surface area (Å²) in [5.74, 6) is 1.93. The van der Waals surface area contributed by atoms with Crippen molar-refractivity contribution in [1.82, 2.24) is 15.0 Å². The van der Waals surface area contributed by atoms with E-state index in [1.165, 1.54) is 44.5 Å². The van der Waals surface area contributed by atoms with E-state index in [-0.39, 0.29) is 0 Å². The Bertz CT molecular complexity index is 3150. The van der Waals surface area contributed by atoms with Crippen LogP contribution in [0.25, 0.3) is 73.1 Å². The Morgan fingerprint density at radius 2 is 0.603 bits per heavy atom. The molecule has 3 nitrogen and oxygen atoms in total. The van der Waals surface area contributed by atoms with Gasteiger partial charge in [-0.05, 0) is 91.0 Å². The lowest BCUT2D eigenvalue weighted by Crippen LogP contribution is -2.25. The van der Waals surface area contributed by atoms with Crippen LogP contribution in [0.1, 0.15) is 27.8 Å². The number of rotatable bonds is 9. The molecule has 0 radical (unpaired) electrons. The maximum absolute atomic E-state index is 5.01. The summed E-state index contributed by atoms with van der Waals surface area (Å²) in [6, 6.07) is 86.2. The van der Waals surface area contributed by atoms with Crippen LogP contribution in [0.2, 0.25) is 0 Å². The molecular weight excluding hydrogens is 763 g/mol. The van der Waals surface area contributed by atoms with E-state index in [9.17, 15) is 0 Å². The van der Waals surface area contributed by atoms with Crippen molar-refractivity contribution in [3.63, 3.8) is 0 Å². The Kier molecular flexibility index (Phi) is 9.76. The minimum Gasteiger partial charge on any atom is -0.208 e. The summed E-state index contributed by atoms with van der Waals surface area (Å²) in [6.07, 6.45) is 2.51. The van der Waals surface area contributed by atoms with Gasteiger partial charge in [0.15, 0.2) is 17.5 Å². The van der Waals surface area contributed by atoms with Gasteiger partial charge in [-0.25, -0.2) is 15.0 Å². The number of hydrogen-bond donors (Lipinski definition) is 0. The first-order valence-electron chi connectivity index (χ1n) is 21.4. The standard InChI is InChI=1S/C60H41N3/c1-6-19-42(20-7-1)49-35-36-56-54(40-49)55(41-60(56,52-31-12-4-13-32-52)53-33-14-5-15-34-53)50-29-17-27-47(38-50)45-25-16-26-46(37-45)48-28-18-30-51(39-48)59-62-57(43-21-8-2-9-22-43)61-58(63-59)44-23-10-3-11-24-44/h1-41H. The fraction of sp³-hybridized carbons (Fsp3) is 0.0167. The minimum atomic E-state index is -0.467. The minimum absolute atomic E-state index is 0.467. The lowest BCUT2D eigenvalue weighted by Gasteiger charge is -2.31. The molecule has 0 aliphatic heterocycles. The van der Waals surface area contributed by atoms with E-state index in [2.05, 4.69) is 188 Å². The second kappa shape index (κ2) is 16.3. The molecular formula is C60H41N3. The third kappa shape index (κ3) is 7.16. The van der Waals surface area contributed by atoms with Gasteiger partial charge < -0.3 is 0 Å². The van der Waals surface area contributed by atoms with Crippen LogP contribution in [0.5, 0.6) is 0 Å². The molecule has 10 aromatic rings. The molecule has 0 saturated carbocycles. The first-order valence-corrected chi connectivity index (χ1v) is 21.4. The van der Waals surface area contributed by atoms with Crippen molar-refractivity contribution in [2.75, 3.05) is 0 Å². The zero-order chi connectivity index (χ0) is 42.0. The van der Waals surface area contributed by atoms with E-state index in [1.807, 2.05) is 60.7 Å². The summed E-state index contributed by atoms with van der Waals surface area (Å²) < 4.78 is 0. The Morgan fingerprint density at radius 3 is 1.10 bits per heavy atom. The summed E-state index contributed by atoms with van der Waals surface area (Å²) in [6.45, 7) is 0. The average Bonchev–Trinajstić information content (AvgIpc) is 3.73. The van der Waals surface area contributed by atoms with Crippen LogP contribution < -0.4 is 0 Å². The molecule has 296 valence electrons. The predicted octanol–water partition coefficient (Wildman–Crippen LogP) is 14.7. The van der Waals surface area contributed by atoms with Crippen LogP contribution in [0.3, 0.4) is 0 Å². The molecule has 1 heterocycles. The van der Waals surface area contributed by atoms with Gasteiger partial charge in [-0.1, -0.05) is 224 Å². The van der Waals surface area contributed by atoms with Gasteiger partial charge in [-0.3, -0.25) is 0 Å². The maximum Gasteiger partial charge on any atom is 0.164 e.